The molecule has 2 aliphatic rings. The predicted molar refractivity (Wildman–Crippen MR) is 74.2 cm³/mol. The lowest BCUT2D eigenvalue weighted by molar-refractivity contribution is 0.154. The first kappa shape index (κ1) is 13.4. The molecule has 0 bridgehead atoms. The van der Waals surface area contributed by atoms with Gasteiger partial charge in [-0.25, -0.2) is 0 Å². The maximum Gasteiger partial charge on any atom is 0.00978 e. The highest BCUT2D eigenvalue weighted by Gasteiger charge is 2.29. The fraction of sp³-hybridized carbons (Fsp3) is 1.00. The van der Waals surface area contributed by atoms with Crippen LogP contribution in [0.2, 0.25) is 0 Å². The van der Waals surface area contributed by atoms with Crippen LogP contribution in [0.1, 0.15) is 52.9 Å². The van der Waals surface area contributed by atoms with Crippen LogP contribution in [-0.4, -0.2) is 36.6 Å². The zero-order valence-corrected chi connectivity index (χ0v) is 11.9. The Morgan fingerprint density at radius 2 is 1.76 bits per heavy atom. The van der Waals surface area contributed by atoms with Crippen molar-refractivity contribution in [2.75, 3.05) is 19.6 Å². The third-order valence-electron chi connectivity index (χ3n) is 5.19. The number of piperidine rings is 1. The summed E-state index contributed by atoms with van der Waals surface area (Å²) in [6.45, 7) is 11.0. The molecule has 0 aromatic rings. The van der Waals surface area contributed by atoms with Crippen molar-refractivity contribution in [2.45, 2.75) is 65.0 Å². The Kier molecular flexibility index (Phi) is 4.87. The molecule has 1 saturated heterocycles. The van der Waals surface area contributed by atoms with E-state index >= 15 is 0 Å². The number of nitrogens with zero attached hydrogens (tertiary/aromatic N) is 1. The van der Waals surface area contributed by atoms with Gasteiger partial charge in [0.1, 0.15) is 0 Å². The normalized spacial score (nSPS) is 37.2. The van der Waals surface area contributed by atoms with Crippen molar-refractivity contribution in [1.29, 1.82) is 0 Å². The summed E-state index contributed by atoms with van der Waals surface area (Å²) >= 11 is 0. The van der Waals surface area contributed by atoms with Crippen LogP contribution in [0.3, 0.4) is 0 Å². The second-order valence-corrected chi connectivity index (χ2v) is 6.25. The SMILES string of the molecule is CCN1CCC(N[C@H]2CCC[C@H](C)[C@@H]2C)CC1. The lowest BCUT2D eigenvalue weighted by atomic mass is 9.77. The van der Waals surface area contributed by atoms with Crippen molar-refractivity contribution in [1.82, 2.24) is 10.2 Å². The summed E-state index contributed by atoms with van der Waals surface area (Å²) < 4.78 is 0. The van der Waals surface area contributed by atoms with E-state index in [1.54, 1.807) is 0 Å². The average molecular weight is 238 g/mol. The van der Waals surface area contributed by atoms with Crippen LogP contribution in [-0.2, 0) is 0 Å². The average Bonchev–Trinajstić information content (AvgIpc) is 2.36. The fourth-order valence-electron chi connectivity index (χ4n) is 3.54. The quantitative estimate of drug-likeness (QED) is 0.813. The Morgan fingerprint density at radius 3 is 2.41 bits per heavy atom. The summed E-state index contributed by atoms with van der Waals surface area (Å²) in [6.07, 6.45) is 6.97. The van der Waals surface area contributed by atoms with Gasteiger partial charge >= 0.3 is 0 Å². The van der Waals surface area contributed by atoms with Gasteiger partial charge in [0, 0.05) is 12.1 Å². The molecule has 3 atom stereocenters. The van der Waals surface area contributed by atoms with Crippen LogP contribution >= 0.6 is 0 Å². The first-order valence-electron chi connectivity index (χ1n) is 7.69. The molecule has 2 rings (SSSR count). The van der Waals surface area contributed by atoms with Crippen LogP contribution < -0.4 is 5.32 Å². The molecule has 1 saturated carbocycles. The first-order valence-corrected chi connectivity index (χ1v) is 7.69. The minimum absolute atomic E-state index is 0.788. The maximum atomic E-state index is 3.96. The first-order chi connectivity index (χ1) is 8.20. The van der Waals surface area contributed by atoms with Gasteiger partial charge in [-0.05, 0) is 50.7 Å². The Bertz CT molecular complexity index is 221. The monoisotopic (exact) mass is 238 g/mol. The lowest BCUT2D eigenvalue weighted by Gasteiger charge is -2.39. The molecular weight excluding hydrogens is 208 g/mol. The Morgan fingerprint density at radius 1 is 1.06 bits per heavy atom. The van der Waals surface area contributed by atoms with Crippen molar-refractivity contribution < 1.29 is 0 Å². The summed E-state index contributed by atoms with van der Waals surface area (Å²) in [5, 5.41) is 3.96. The topological polar surface area (TPSA) is 15.3 Å². The van der Waals surface area contributed by atoms with Crippen LogP contribution in [0.25, 0.3) is 0 Å². The molecular formula is C15H30N2. The zero-order valence-electron chi connectivity index (χ0n) is 11.9. The van der Waals surface area contributed by atoms with Crippen LogP contribution in [0.4, 0.5) is 0 Å². The second-order valence-electron chi connectivity index (χ2n) is 6.25. The van der Waals surface area contributed by atoms with E-state index in [4.69, 9.17) is 0 Å². The van der Waals surface area contributed by atoms with Crippen molar-refractivity contribution in [3.05, 3.63) is 0 Å². The summed E-state index contributed by atoms with van der Waals surface area (Å²) in [7, 11) is 0. The van der Waals surface area contributed by atoms with Gasteiger partial charge in [0.2, 0.25) is 0 Å². The van der Waals surface area contributed by atoms with E-state index in [0.29, 0.717) is 0 Å². The van der Waals surface area contributed by atoms with Gasteiger partial charge in [-0.3, -0.25) is 0 Å². The van der Waals surface area contributed by atoms with Gasteiger partial charge in [-0.2, -0.15) is 0 Å². The second kappa shape index (κ2) is 6.19. The van der Waals surface area contributed by atoms with Gasteiger partial charge in [-0.1, -0.05) is 33.6 Å². The highest BCUT2D eigenvalue weighted by Crippen LogP contribution is 2.30. The molecule has 1 N–H and O–H groups in total. The minimum atomic E-state index is 0.788. The van der Waals surface area contributed by atoms with Crippen LogP contribution in [0, 0.1) is 11.8 Å². The number of hydrogen-bond acceptors (Lipinski definition) is 2. The molecule has 0 radical (unpaired) electrons. The lowest BCUT2D eigenvalue weighted by Crippen LogP contribution is -2.50. The molecule has 0 aromatic heterocycles. The number of likely N-dealkylation sites (tertiary alicyclic amines) is 1. The van der Waals surface area contributed by atoms with E-state index < -0.39 is 0 Å². The molecule has 0 amide bonds. The third-order valence-corrected chi connectivity index (χ3v) is 5.19. The molecule has 0 unspecified atom stereocenters. The summed E-state index contributed by atoms with van der Waals surface area (Å²) in [5.74, 6) is 1.78. The highest BCUT2D eigenvalue weighted by atomic mass is 15.1. The molecule has 17 heavy (non-hydrogen) atoms. The van der Waals surface area contributed by atoms with Crippen LogP contribution in [0.5, 0.6) is 0 Å². The third kappa shape index (κ3) is 3.45. The molecule has 2 heteroatoms. The van der Waals surface area contributed by atoms with E-state index in [1.165, 1.54) is 51.7 Å². The number of rotatable bonds is 3. The number of hydrogen-bond donors (Lipinski definition) is 1. The smallest absolute Gasteiger partial charge is 0.00978 e. The summed E-state index contributed by atoms with van der Waals surface area (Å²) in [6, 6.07) is 1.58. The highest BCUT2D eigenvalue weighted by molar-refractivity contribution is 4.86. The Balaban J connectivity index is 1.77. The molecule has 0 spiro atoms. The van der Waals surface area contributed by atoms with Gasteiger partial charge in [0.05, 0.1) is 0 Å². The van der Waals surface area contributed by atoms with E-state index in [-0.39, 0.29) is 0 Å². The zero-order chi connectivity index (χ0) is 12.3. The summed E-state index contributed by atoms with van der Waals surface area (Å²) in [4.78, 5) is 2.57. The Labute approximate surface area is 107 Å². The van der Waals surface area contributed by atoms with Crippen molar-refractivity contribution >= 4 is 0 Å². The Hall–Kier alpha value is -0.0800. The van der Waals surface area contributed by atoms with E-state index in [2.05, 4.69) is 31.0 Å². The van der Waals surface area contributed by atoms with Crippen molar-refractivity contribution in [3.8, 4) is 0 Å². The van der Waals surface area contributed by atoms with Gasteiger partial charge in [-0.15, -0.1) is 0 Å². The van der Waals surface area contributed by atoms with Gasteiger partial charge < -0.3 is 10.2 Å². The van der Waals surface area contributed by atoms with E-state index in [1.807, 2.05) is 0 Å². The number of nitrogens with one attached hydrogen (secondary N) is 1. The van der Waals surface area contributed by atoms with Gasteiger partial charge in [0.15, 0.2) is 0 Å². The maximum absolute atomic E-state index is 3.96. The standard InChI is InChI=1S/C15H30N2/c1-4-17-10-8-14(9-11-17)16-15-7-5-6-12(2)13(15)3/h12-16H,4-11H2,1-3H3/t12-,13-,15-/m0/s1. The fourth-order valence-corrected chi connectivity index (χ4v) is 3.54. The molecule has 1 aliphatic carbocycles. The summed E-state index contributed by atoms with van der Waals surface area (Å²) in [5.41, 5.74) is 0. The van der Waals surface area contributed by atoms with Crippen LogP contribution in [0.15, 0.2) is 0 Å². The molecule has 2 nitrogen and oxygen atoms in total. The van der Waals surface area contributed by atoms with Gasteiger partial charge in [0.25, 0.3) is 0 Å². The largest absolute Gasteiger partial charge is 0.311 e. The van der Waals surface area contributed by atoms with E-state index in [0.717, 1.165) is 23.9 Å². The predicted octanol–water partition coefficient (Wildman–Crippen LogP) is 2.89. The van der Waals surface area contributed by atoms with E-state index in [9.17, 15) is 0 Å². The molecule has 1 aliphatic heterocycles. The van der Waals surface area contributed by atoms with Crippen molar-refractivity contribution in [2.24, 2.45) is 11.8 Å². The molecule has 100 valence electrons. The minimum Gasteiger partial charge on any atom is -0.311 e. The molecule has 1 heterocycles. The van der Waals surface area contributed by atoms with Crippen molar-refractivity contribution in [3.63, 3.8) is 0 Å². The molecule has 0 aromatic carbocycles. The molecule has 2 fully saturated rings.